The van der Waals surface area contributed by atoms with Crippen molar-refractivity contribution in [3.8, 4) is 0 Å². The number of nitrogens with zero attached hydrogens (tertiary/aromatic N) is 3. The van der Waals surface area contributed by atoms with Gasteiger partial charge in [0.05, 0.1) is 4.92 Å². The Hall–Kier alpha value is -3.03. The van der Waals surface area contributed by atoms with Gasteiger partial charge in [-0.05, 0) is 32.4 Å². The van der Waals surface area contributed by atoms with Gasteiger partial charge in [-0.15, -0.1) is 0 Å². The van der Waals surface area contributed by atoms with Gasteiger partial charge in [0.2, 0.25) is 11.9 Å². The highest BCUT2D eigenvalue weighted by Gasteiger charge is 2.08. The molecule has 2 rings (SSSR count). The van der Waals surface area contributed by atoms with Crippen molar-refractivity contribution < 1.29 is 9.72 Å². The first-order valence-electron chi connectivity index (χ1n) is 7.54. The van der Waals surface area contributed by atoms with Gasteiger partial charge in [0.25, 0.3) is 5.69 Å². The second-order valence-electron chi connectivity index (χ2n) is 5.36. The second kappa shape index (κ2) is 8.00. The Labute approximate surface area is 139 Å². The molecule has 0 aliphatic heterocycles. The van der Waals surface area contributed by atoms with Crippen LogP contribution in [0.4, 0.5) is 17.3 Å². The second-order valence-corrected chi connectivity index (χ2v) is 5.36. The molecule has 0 atom stereocenters. The minimum Gasteiger partial charge on any atom is -0.354 e. The Kier molecular flexibility index (Phi) is 5.78. The fourth-order valence-electron chi connectivity index (χ4n) is 2.17. The number of aromatic nitrogens is 2. The van der Waals surface area contributed by atoms with Gasteiger partial charge < -0.3 is 10.6 Å². The molecule has 8 heteroatoms. The zero-order chi connectivity index (χ0) is 17.5. The van der Waals surface area contributed by atoms with Crippen molar-refractivity contribution in [2.75, 3.05) is 17.2 Å². The predicted octanol–water partition coefficient (Wildman–Crippen LogP) is 2.83. The monoisotopic (exact) mass is 329 g/mol. The van der Waals surface area contributed by atoms with Crippen molar-refractivity contribution in [1.29, 1.82) is 0 Å². The molecule has 0 saturated heterocycles. The average molecular weight is 329 g/mol. The van der Waals surface area contributed by atoms with Crippen LogP contribution < -0.4 is 10.6 Å². The summed E-state index contributed by atoms with van der Waals surface area (Å²) < 4.78 is 0. The summed E-state index contributed by atoms with van der Waals surface area (Å²) in [6.07, 6.45) is 0.887. The van der Waals surface area contributed by atoms with E-state index in [9.17, 15) is 14.9 Å². The lowest BCUT2D eigenvalue weighted by molar-refractivity contribution is -0.384. The molecule has 1 heterocycles. The fourth-order valence-corrected chi connectivity index (χ4v) is 2.17. The van der Waals surface area contributed by atoms with Gasteiger partial charge in [0, 0.05) is 42.2 Å². The van der Waals surface area contributed by atoms with Crippen LogP contribution >= 0.6 is 0 Å². The molecule has 126 valence electrons. The smallest absolute Gasteiger partial charge is 0.271 e. The van der Waals surface area contributed by atoms with Crippen LogP contribution in [-0.2, 0) is 4.79 Å². The summed E-state index contributed by atoms with van der Waals surface area (Å²) in [7, 11) is 0. The topological polar surface area (TPSA) is 110 Å². The van der Waals surface area contributed by atoms with Crippen LogP contribution in [0.1, 0.15) is 24.2 Å². The first-order valence-corrected chi connectivity index (χ1v) is 7.54. The number of rotatable bonds is 7. The molecule has 2 N–H and O–H groups in total. The normalized spacial score (nSPS) is 10.2. The van der Waals surface area contributed by atoms with Crippen LogP contribution in [0.15, 0.2) is 30.3 Å². The maximum absolute atomic E-state index is 11.9. The minimum absolute atomic E-state index is 0.0542. The Morgan fingerprint density at radius 2 is 1.92 bits per heavy atom. The number of anilines is 2. The van der Waals surface area contributed by atoms with E-state index >= 15 is 0 Å². The zero-order valence-corrected chi connectivity index (χ0v) is 13.6. The summed E-state index contributed by atoms with van der Waals surface area (Å²) in [5, 5.41) is 16.4. The SMILES string of the molecule is Cc1cc(C)nc(NCCCC(=O)Nc2cccc([N+](=O)[O-])c2)n1. The van der Waals surface area contributed by atoms with Gasteiger partial charge >= 0.3 is 0 Å². The molecule has 0 spiro atoms. The molecule has 0 saturated carbocycles. The number of nitrogens with one attached hydrogen (secondary N) is 2. The molecule has 0 aliphatic rings. The number of hydrogen-bond donors (Lipinski definition) is 2. The first kappa shape index (κ1) is 17.3. The van der Waals surface area contributed by atoms with E-state index in [2.05, 4.69) is 20.6 Å². The van der Waals surface area contributed by atoms with Crippen molar-refractivity contribution in [3.63, 3.8) is 0 Å². The number of benzene rings is 1. The molecule has 1 amide bonds. The van der Waals surface area contributed by atoms with Crippen LogP contribution in [0.25, 0.3) is 0 Å². The van der Waals surface area contributed by atoms with E-state index in [0.717, 1.165) is 11.4 Å². The highest BCUT2D eigenvalue weighted by Crippen LogP contribution is 2.17. The van der Waals surface area contributed by atoms with Crippen LogP contribution in [0.5, 0.6) is 0 Å². The Balaban J connectivity index is 1.77. The molecule has 0 bridgehead atoms. The highest BCUT2D eigenvalue weighted by molar-refractivity contribution is 5.91. The van der Waals surface area contributed by atoms with Crippen molar-refractivity contribution in [1.82, 2.24) is 9.97 Å². The number of amides is 1. The number of hydrogen-bond acceptors (Lipinski definition) is 6. The summed E-state index contributed by atoms with van der Waals surface area (Å²) in [5.74, 6) is 0.352. The van der Waals surface area contributed by atoms with Crippen molar-refractivity contribution in [2.24, 2.45) is 0 Å². The zero-order valence-electron chi connectivity index (χ0n) is 13.6. The number of aryl methyl sites for hydroxylation is 2. The fraction of sp³-hybridized carbons (Fsp3) is 0.312. The third-order valence-electron chi connectivity index (χ3n) is 3.19. The average Bonchev–Trinajstić information content (AvgIpc) is 2.51. The van der Waals surface area contributed by atoms with Crippen LogP contribution in [-0.4, -0.2) is 27.3 Å². The predicted molar refractivity (Wildman–Crippen MR) is 91.0 cm³/mol. The van der Waals surface area contributed by atoms with Gasteiger partial charge in [0.1, 0.15) is 0 Å². The molecule has 2 aromatic rings. The third kappa shape index (κ3) is 5.31. The Morgan fingerprint density at radius 3 is 2.58 bits per heavy atom. The van der Waals surface area contributed by atoms with Crippen LogP contribution in [0.3, 0.4) is 0 Å². The number of non-ortho nitro benzene ring substituents is 1. The Morgan fingerprint density at radius 1 is 1.21 bits per heavy atom. The lowest BCUT2D eigenvalue weighted by Gasteiger charge is -2.07. The highest BCUT2D eigenvalue weighted by atomic mass is 16.6. The van der Waals surface area contributed by atoms with E-state index in [4.69, 9.17) is 0 Å². The largest absolute Gasteiger partial charge is 0.354 e. The Bertz CT molecular complexity index is 728. The van der Waals surface area contributed by atoms with E-state index in [1.165, 1.54) is 18.2 Å². The lowest BCUT2D eigenvalue weighted by Crippen LogP contribution is -2.14. The van der Waals surface area contributed by atoms with E-state index < -0.39 is 4.92 Å². The van der Waals surface area contributed by atoms with Gasteiger partial charge in [-0.2, -0.15) is 0 Å². The molecule has 1 aromatic heterocycles. The maximum Gasteiger partial charge on any atom is 0.271 e. The molecule has 0 unspecified atom stereocenters. The molecule has 0 radical (unpaired) electrons. The van der Waals surface area contributed by atoms with Gasteiger partial charge in [-0.25, -0.2) is 9.97 Å². The maximum atomic E-state index is 11.9. The summed E-state index contributed by atoms with van der Waals surface area (Å²) in [6, 6.07) is 7.75. The number of carbonyl (C=O) groups is 1. The standard InChI is InChI=1S/C16H19N5O3/c1-11-9-12(2)19-16(18-11)17-8-4-7-15(22)20-13-5-3-6-14(10-13)21(23)24/h3,5-6,9-10H,4,7-8H2,1-2H3,(H,20,22)(H,17,18,19). The van der Waals surface area contributed by atoms with E-state index in [0.29, 0.717) is 31.0 Å². The van der Waals surface area contributed by atoms with Crippen LogP contribution in [0.2, 0.25) is 0 Å². The summed E-state index contributed by atoms with van der Waals surface area (Å²) in [4.78, 5) is 30.6. The number of carbonyl (C=O) groups excluding carboxylic acids is 1. The van der Waals surface area contributed by atoms with Gasteiger partial charge in [-0.1, -0.05) is 6.07 Å². The first-order chi connectivity index (χ1) is 11.4. The van der Waals surface area contributed by atoms with Crippen LogP contribution in [0, 0.1) is 24.0 Å². The summed E-state index contributed by atoms with van der Waals surface area (Å²) in [6.45, 7) is 4.35. The molecular formula is C16H19N5O3. The quantitative estimate of drug-likeness (QED) is 0.459. The van der Waals surface area contributed by atoms with E-state index in [1.54, 1.807) is 6.07 Å². The molecular weight excluding hydrogens is 310 g/mol. The van der Waals surface area contributed by atoms with Gasteiger partial charge in [0.15, 0.2) is 0 Å². The number of nitro groups is 1. The third-order valence-corrected chi connectivity index (χ3v) is 3.19. The van der Waals surface area contributed by atoms with E-state index in [-0.39, 0.29) is 11.6 Å². The van der Waals surface area contributed by atoms with Crippen molar-refractivity contribution in [2.45, 2.75) is 26.7 Å². The summed E-state index contributed by atoms with van der Waals surface area (Å²) in [5.41, 5.74) is 2.13. The van der Waals surface area contributed by atoms with Crippen molar-refractivity contribution in [3.05, 3.63) is 51.8 Å². The molecule has 0 aliphatic carbocycles. The molecule has 8 nitrogen and oxygen atoms in total. The molecule has 1 aromatic carbocycles. The molecule has 0 fully saturated rings. The summed E-state index contributed by atoms with van der Waals surface area (Å²) >= 11 is 0. The van der Waals surface area contributed by atoms with Gasteiger partial charge in [-0.3, -0.25) is 14.9 Å². The number of nitro benzene ring substituents is 1. The van der Waals surface area contributed by atoms with Crippen molar-refractivity contribution >= 4 is 23.2 Å². The minimum atomic E-state index is -0.497. The lowest BCUT2D eigenvalue weighted by atomic mass is 10.2. The van der Waals surface area contributed by atoms with E-state index in [1.807, 2.05) is 19.9 Å². The molecule has 24 heavy (non-hydrogen) atoms.